The van der Waals surface area contributed by atoms with E-state index < -0.39 is 18.5 Å². The summed E-state index contributed by atoms with van der Waals surface area (Å²) in [5.41, 5.74) is 0. The minimum Gasteiger partial charge on any atom is -0.476 e. The fourth-order valence-electron chi connectivity index (χ4n) is 1.22. The van der Waals surface area contributed by atoms with Crippen LogP contribution >= 0.6 is 0 Å². The molecule has 88 valence electrons. The Balaban J connectivity index is 2.74. The summed E-state index contributed by atoms with van der Waals surface area (Å²) in [5, 5.41) is 0. The van der Waals surface area contributed by atoms with E-state index in [4.69, 9.17) is 0 Å². The Labute approximate surface area is 81.7 Å². The molecule has 0 heterocycles. The van der Waals surface area contributed by atoms with Gasteiger partial charge in [0.05, 0.1) is 5.76 Å². The van der Waals surface area contributed by atoms with Crippen molar-refractivity contribution in [2.24, 2.45) is 0 Å². The molecule has 1 aliphatic carbocycles. The van der Waals surface area contributed by atoms with Crippen molar-refractivity contribution in [3.8, 4) is 0 Å². The number of hydrogen-bond acceptors (Lipinski definition) is 1. The molecule has 15 heavy (non-hydrogen) atoms. The molecule has 0 aromatic rings. The van der Waals surface area contributed by atoms with Crippen LogP contribution in [0.4, 0.5) is 26.3 Å². The van der Waals surface area contributed by atoms with Crippen molar-refractivity contribution in [1.29, 1.82) is 0 Å². The molecule has 0 radical (unpaired) electrons. The lowest BCUT2D eigenvalue weighted by Gasteiger charge is -2.24. The molecule has 7 heteroatoms. The zero-order valence-electron chi connectivity index (χ0n) is 7.45. The summed E-state index contributed by atoms with van der Waals surface area (Å²) in [4.78, 5) is 0. The van der Waals surface area contributed by atoms with E-state index in [-0.39, 0.29) is 12.2 Å². The number of hydrogen-bond donors (Lipinski definition) is 0. The van der Waals surface area contributed by atoms with Crippen LogP contribution in [0.1, 0.15) is 19.3 Å². The molecule has 0 unspecified atom stereocenters. The fourth-order valence-corrected chi connectivity index (χ4v) is 1.22. The van der Waals surface area contributed by atoms with Gasteiger partial charge in [-0.2, -0.15) is 26.3 Å². The van der Waals surface area contributed by atoms with Crippen LogP contribution in [-0.4, -0.2) is 18.5 Å². The van der Waals surface area contributed by atoms with Crippen LogP contribution in [-0.2, 0) is 4.74 Å². The lowest BCUT2D eigenvalue weighted by Crippen LogP contribution is -2.44. The van der Waals surface area contributed by atoms with Crippen LogP contribution in [0.2, 0.25) is 0 Å². The van der Waals surface area contributed by atoms with Crippen molar-refractivity contribution in [2.45, 2.75) is 37.7 Å². The maximum absolute atomic E-state index is 12.0. The average molecular weight is 234 g/mol. The molecule has 0 amide bonds. The highest BCUT2D eigenvalue weighted by Gasteiger charge is 2.59. The SMILES string of the molecule is FC(F)(F)C(OC1=CCCC1)C(F)(F)F. The molecular weight excluding hydrogens is 226 g/mol. The Kier molecular flexibility index (Phi) is 3.20. The molecule has 0 aromatic carbocycles. The lowest BCUT2D eigenvalue weighted by molar-refractivity contribution is -0.313. The molecule has 0 spiro atoms. The summed E-state index contributed by atoms with van der Waals surface area (Å²) in [6, 6.07) is 0. The zero-order valence-corrected chi connectivity index (χ0v) is 7.45. The first-order chi connectivity index (χ1) is 6.71. The predicted octanol–water partition coefficient (Wildman–Crippen LogP) is 3.56. The van der Waals surface area contributed by atoms with E-state index in [2.05, 4.69) is 4.74 Å². The topological polar surface area (TPSA) is 9.23 Å². The third-order valence-corrected chi connectivity index (χ3v) is 1.86. The van der Waals surface area contributed by atoms with Gasteiger partial charge in [0, 0.05) is 6.42 Å². The summed E-state index contributed by atoms with van der Waals surface area (Å²) in [6.07, 6.45) is -12.2. The molecule has 0 saturated heterocycles. The summed E-state index contributed by atoms with van der Waals surface area (Å²) in [7, 11) is 0. The van der Waals surface area contributed by atoms with E-state index in [1.165, 1.54) is 6.08 Å². The van der Waals surface area contributed by atoms with E-state index in [9.17, 15) is 26.3 Å². The second-order valence-corrected chi connectivity index (χ2v) is 3.14. The zero-order chi connectivity index (χ0) is 11.7. The van der Waals surface area contributed by atoms with Gasteiger partial charge in [0.2, 0.25) is 0 Å². The van der Waals surface area contributed by atoms with Gasteiger partial charge < -0.3 is 4.74 Å². The van der Waals surface area contributed by atoms with E-state index in [0.29, 0.717) is 12.8 Å². The Bertz CT molecular complexity index is 237. The van der Waals surface area contributed by atoms with E-state index in [1.54, 1.807) is 0 Å². The highest BCUT2D eigenvalue weighted by Crippen LogP contribution is 2.38. The standard InChI is InChI=1S/C8H8F6O/c9-7(10,11)6(8(12,13)14)15-5-3-1-2-4-5/h3,6H,1-2,4H2. The first kappa shape index (κ1) is 12.2. The number of ether oxygens (including phenoxy) is 1. The molecule has 0 saturated carbocycles. The maximum atomic E-state index is 12.0. The Morgan fingerprint density at radius 2 is 1.60 bits per heavy atom. The molecule has 0 bridgehead atoms. The first-order valence-electron chi connectivity index (χ1n) is 4.20. The summed E-state index contributed by atoms with van der Waals surface area (Å²) in [5.74, 6) is -0.227. The largest absolute Gasteiger partial charge is 0.476 e. The van der Waals surface area contributed by atoms with Crippen LogP contribution in [0.25, 0.3) is 0 Å². The predicted molar refractivity (Wildman–Crippen MR) is 38.9 cm³/mol. The van der Waals surface area contributed by atoms with Gasteiger partial charge in [-0.05, 0) is 18.9 Å². The van der Waals surface area contributed by atoms with Crippen molar-refractivity contribution >= 4 is 0 Å². The van der Waals surface area contributed by atoms with Crippen molar-refractivity contribution in [1.82, 2.24) is 0 Å². The third-order valence-electron chi connectivity index (χ3n) is 1.86. The van der Waals surface area contributed by atoms with Crippen LogP contribution < -0.4 is 0 Å². The Morgan fingerprint density at radius 3 is 1.93 bits per heavy atom. The number of rotatable bonds is 2. The summed E-state index contributed by atoms with van der Waals surface area (Å²) >= 11 is 0. The van der Waals surface area contributed by atoms with Crippen LogP contribution in [0, 0.1) is 0 Å². The average Bonchev–Trinajstić information content (AvgIpc) is 2.46. The maximum Gasteiger partial charge on any atom is 0.434 e. The molecule has 0 aromatic heterocycles. The third kappa shape index (κ3) is 3.32. The molecule has 1 aliphatic rings. The van der Waals surface area contributed by atoms with Crippen LogP contribution in [0.5, 0.6) is 0 Å². The van der Waals surface area contributed by atoms with Crippen molar-refractivity contribution in [3.05, 3.63) is 11.8 Å². The molecule has 0 aliphatic heterocycles. The van der Waals surface area contributed by atoms with Crippen LogP contribution in [0.3, 0.4) is 0 Å². The summed E-state index contributed by atoms with van der Waals surface area (Å²) < 4.78 is 75.9. The number of halogens is 6. The second-order valence-electron chi connectivity index (χ2n) is 3.14. The lowest BCUT2D eigenvalue weighted by atomic mass is 10.3. The fraction of sp³-hybridized carbons (Fsp3) is 0.750. The van der Waals surface area contributed by atoms with Crippen molar-refractivity contribution in [3.63, 3.8) is 0 Å². The van der Waals surface area contributed by atoms with Gasteiger partial charge in [-0.25, -0.2) is 0 Å². The monoisotopic (exact) mass is 234 g/mol. The van der Waals surface area contributed by atoms with Gasteiger partial charge in [-0.3, -0.25) is 0 Å². The smallest absolute Gasteiger partial charge is 0.434 e. The molecule has 0 fully saturated rings. The van der Waals surface area contributed by atoms with Gasteiger partial charge in [0.15, 0.2) is 0 Å². The minimum absolute atomic E-state index is 0.128. The van der Waals surface area contributed by atoms with Gasteiger partial charge in [-0.15, -0.1) is 0 Å². The van der Waals surface area contributed by atoms with Gasteiger partial charge in [0.1, 0.15) is 0 Å². The highest BCUT2D eigenvalue weighted by molar-refractivity contribution is 5.01. The highest BCUT2D eigenvalue weighted by atomic mass is 19.4. The molecule has 0 atom stereocenters. The quantitative estimate of drug-likeness (QED) is 0.663. The minimum atomic E-state index is -5.43. The molecule has 1 nitrogen and oxygen atoms in total. The number of allylic oxidation sites excluding steroid dienone is 2. The second kappa shape index (κ2) is 3.94. The molecule has 1 rings (SSSR count). The van der Waals surface area contributed by atoms with Crippen molar-refractivity contribution < 1.29 is 31.1 Å². The van der Waals surface area contributed by atoms with Crippen LogP contribution in [0.15, 0.2) is 11.8 Å². The number of alkyl halides is 6. The van der Waals surface area contributed by atoms with Gasteiger partial charge >= 0.3 is 12.4 Å². The normalized spacial score (nSPS) is 18.2. The Morgan fingerprint density at radius 1 is 1.07 bits per heavy atom. The molecule has 0 N–H and O–H groups in total. The van der Waals surface area contributed by atoms with Gasteiger partial charge in [0.25, 0.3) is 6.10 Å². The van der Waals surface area contributed by atoms with Gasteiger partial charge in [-0.1, -0.05) is 0 Å². The van der Waals surface area contributed by atoms with Crippen molar-refractivity contribution in [2.75, 3.05) is 0 Å². The summed E-state index contributed by atoms with van der Waals surface area (Å²) in [6.45, 7) is 0. The van der Waals surface area contributed by atoms with E-state index in [0.717, 1.165) is 0 Å². The van der Waals surface area contributed by atoms with E-state index >= 15 is 0 Å². The Hall–Kier alpha value is -0.880. The van der Waals surface area contributed by atoms with E-state index in [1.807, 2.05) is 0 Å². The first-order valence-corrected chi connectivity index (χ1v) is 4.20. The molecular formula is C8H8F6O.